The second kappa shape index (κ2) is 7.59. The summed E-state index contributed by atoms with van der Waals surface area (Å²) in [6, 6.07) is 5.13. The smallest absolute Gasteiger partial charge is 0.354 e. The van der Waals surface area contributed by atoms with Crippen molar-refractivity contribution >= 4 is 52.5 Å². The average Bonchev–Trinajstić information content (AvgIpc) is 3.14. The number of nitrogens with one attached hydrogen (secondary N) is 1. The van der Waals surface area contributed by atoms with Crippen LogP contribution in [-0.4, -0.2) is 36.5 Å². The maximum Gasteiger partial charge on any atom is 0.354 e. The van der Waals surface area contributed by atoms with Crippen LogP contribution in [0.4, 0.5) is 5.82 Å². The molecule has 8 nitrogen and oxygen atoms in total. The van der Waals surface area contributed by atoms with E-state index in [1.54, 1.807) is 18.2 Å². The van der Waals surface area contributed by atoms with E-state index in [0.29, 0.717) is 15.6 Å². The first-order valence-electron chi connectivity index (χ1n) is 7.50. The van der Waals surface area contributed by atoms with Gasteiger partial charge in [-0.15, -0.1) is 0 Å². The number of rotatable bonds is 5. The van der Waals surface area contributed by atoms with Crippen molar-refractivity contribution in [2.24, 2.45) is 7.05 Å². The first-order chi connectivity index (χ1) is 12.8. The van der Waals surface area contributed by atoms with Gasteiger partial charge in [0.1, 0.15) is 5.02 Å². The predicted octanol–water partition coefficient (Wildman–Crippen LogP) is 3.58. The van der Waals surface area contributed by atoms with Gasteiger partial charge >= 0.3 is 5.97 Å². The van der Waals surface area contributed by atoms with Gasteiger partial charge in [-0.1, -0.05) is 40.9 Å². The number of hydrogen-bond donors (Lipinski definition) is 2. The lowest BCUT2D eigenvalue weighted by Gasteiger charge is -2.07. The number of nitrogens with zero attached hydrogens (tertiary/aromatic N) is 4. The summed E-state index contributed by atoms with van der Waals surface area (Å²) in [7, 11) is 1.43. The van der Waals surface area contributed by atoms with Crippen molar-refractivity contribution in [2.45, 2.75) is 6.54 Å². The number of carbonyl (C=O) groups is 2. The standard InChI is InChI=1S/C16H12Cl3N5O3/c1-23-13(16(26)27)8(5-20-23)15(25)21-14-12(19)7-24(22-14)6-9-10(17)3-2-4-11(9)18/h2-5,7H,6H2,1H3,(H,26,27)(H,21,22,25). The number of anilines is 1. The van der Waals surface area contributed by atoms with Gasteiger partial charge in [0.05, 0.1) is 18.3 Å². The molecule has 0 aliphatic rings. The second-order valence-electron chi connectivity index (χ2n) is 5.51. The minimum Gasteiger partial charge on any atom is -0.477 e. The Morgan fingerprint density at radius 3 is 2.48 bits per heavy atom. The highest BCUT2D eigenvalue weighted by Crippen LogP contribution is 2.27. The van der Waals surface area contributed by atoms with E-state index in [-0.39, 0.29) is 28.6 Å². The number of carboxylic acids is 1. The highest BCUT2D eigenvalue weighted by Gasteiger charge is 2.23. The molecule has 0 unspecified atom stereocenters. The third kappa shape index (κ3) is 3.92. The summed E-state index contributed by atoms with van der Waals surface area (Å²) in [5.74, 6) is -1.89. The molecule has 0 saturated heterocycles. The molecule has 0 bridgehead atoms. The zero-order valence-corrected chi connectivity index (χ0v) is 16.0. The molecule has 0 radical (unpaired) electrons. The third-order valence-electron chi connectivity index (χ3n) is 3.72. The molecular weight excluding hydrogens is 417 g/mol. The van der Waals surface area contributed by atoms with Crippen LogP contribution in [0, 0.1) is 0 Å². The van der Waals surface area contributed by atoms with E-state index < -0.39 is 11.9 Å². The number of benzene rings is 1. The fourth-order valence-electron chi connectivity index (χ4n) is 2.44. The molecule has 0 fully saturated rings. The highest BCUT2D eigenvalue weighted by atomic mass is 35.5. The molecule has 0 spiro atoms. The maximum atomic E-state index is 12.4. The van der Waals surface area contributed by atoms with Gasteiger partial charge in [-0.25, -0.2) is 4.79 Å². The van der Waals surface area contributed by atoms with E-state index in [4.69, 9.17) is 34.8 Å². The van der Waals surface area contributed by atoms with Crippen molar-refractivity contribution in [1.82, 2.24) is 19.6 Å². The van der Waals surface area contributed by atoms with Crippen LogP contribution in [0.5, 0.6) is 0 Å². The number of carbonyl (C=O) groups excluding carboxylic acids is 1. The highest BCUT2D eigenvalue weighted by molar-refractivity contribution is 6.36. The fourth-order valence-corrected chi connectivity index (χ4v) is 3.16. The summed E-state index contributed by atoms with van der Waals surface area (Å²) in [5, 5.41) is 20.8. The van der Waals surface area contributed by atoms with Crippen LogP contribution in [-0.2, 0) is 13.6 Å². The molecule has 27 heavy (non-hydrogen) atoms. The lowest BCUT2D eigenvalue weighted by molar-refractivity contribution is 0.0680. The summed E-state index contributed by atoms with van der Waals surface area (Å²) in [6.45, 7) is 0.237. The van der Waals surface area contributed by atoms with Crippen molar-refractivity contribution in [3.05, 3.63) is 62.5 Å². The normalized spacial score (nSPS) is 10.8. The minimum absolute atomic E-state index is 0.0741. The van der Waals surface area contributed by atoms with E-state index in [0.717, 1.165) is 10.9 Å². The number of hydrogen-bond acceptors (Lipinski definition) is 4. The van der Waals surface area contributed by atoms with E-state index in [1.807, 2.05) is 0 Å². The van der Waals surface area contributed by atoms with Crippen LogP contribution in [0.3, 0.4) is 0 Å². The van der Waals surface area contributed by atoms with Gasteiger partial charge < -0.3 is 10.4 Å². The predicted molar refractivity (Wildman–Crippen MR) is 101 cm³/mol. The van der Waals surface area contributed by atoms with Crippen LogP contribution in [0.2, 0.25) is 15.1 Å². The molecule has 1 amide bonds. The first-order valence-corrected chi connectivity index (χ1v) is 8.63. The van der Waals surface area contributed by atoms with Crippen LogP contribution in [0.1, 0.15) is 26.4 Å². The quantitative estimate of drug-likeness (QED) is 0.647. The van der Waals surface area contributed by atoms with Gasteiger partial charge in [0.2, 0.25) is 0 Å². The monoisotopic (exact) mass is 427 g/mol. The van der Waals surface area contributed by atoms with Gasteiger partial charge in [0.25, 0.3) is 5.91 Å². The fraction of sp³-hybridized carbons (Fsp3) is 0.125. The molecule has 0 atom stereocenters. The Bertz CT molecular complexity index is 1020. The van der Waals surface area contributed by atoms with Crippen LogP contribution < -0.4 is 5.32 Å². The average molecular weight is 429 g/mol. The number of halogens is 3. The van der Waals surface area contributed by atoms with Gasteiger partial charge in [0, 0.05) is 28.9 Å². The van der Waals surface area contributed by atoms with Gasteiger partial charge in [0.15, 0.2) is 11.5 Å². The van der Waals surface area contributed by atoms with Crippen molar-refractivity contribution in [2.75, 3.05) is 5.32 Å². The Kier molecular flexibility index (Phi) is 5.41. The summed E-state index contributed by atoms with van der Waals surface area (Å²) in [5.41, 5.74) is 0.300. The van der Waals surface area contributed by atoms with Gasteiger partial charge in [-0.3, -0.25) is 14.2 Å². The summed E-state index contributed by atoms with van der Waals surface area (Å²) in [6.07, 6.45) is 2.66. The summed E-state index contributed by atoms with van der Waals surface area (Å²) in [4.78, 5) is 23.7. The zero-order chi connectivity index (χ0) is 19.7. The SMILES string of the molecule is Cn1ncc(C(=O)Nc2nn(Cc3c(Cl)cccc3Cl)cc2Cl)c1C(=O)O. The van der Waals surface area contributed by atoms with Crippen molar-refractivity contribution in [3.63, 3.8) is 0 Å². The van der Waals surface area contributed by atoms with E-state index >= 15 is 0 Å². The maximum absolute atomic E-state index is 12.4. The van der Waals surface area contributed by atoms with Crippen molar-refractivity contribution in [3.8, 4) is 0 Å². The van der Waals surface area contributed by atoms with Crippen LogP contribution in [0.15, 0.2) is 30.6 Å². The molecule has 1 aromatic carbocycles. The topological polar surface area (TPSA) is 102 Å². The molecule has 2 heterocycles. The van der Waals surface area contributed by atoms with E-state index in [2.05, 4.69) is 15.5 Å². The lowest BCUT2D eigenvalue weighted by Crippen LogP contribution is -2.17. The van der Waals surface area contributed by atoms with Crippen molar-refractivity contribution in [1.29, 1.82) is 0 Å². The Balaban J connectivity index is 1.83. The molecule has 3 rings (SSSR count). The largest absolute Gasteiger partial charge is 0.477 e. The summed E-state index contributed by atoms with van der Waals surface area (Å²) >= 11 is 18.4. The lowest BCUT2D eigenvalue weighted by atomic mass is 10.2. The van der Waals surface area contributed by atoms with Crippen LogP contribution in [0.25, 0.3) is 0 Å². The molecule has 2 N–H and O–H groups in total. The Hall–Kier alpha value is -2.55. The molecule has 11 heteroatoms. The van der Waals surface area contributed by atoms with Crippen molar-refractivity contribution < 1.29 is 14.7 Å². The number of aryl methyl sites for hydroxylation is 1. The van der Waals surface area contributed by atoms with E-state index in [1.165, 1.54) is 17.9 Å². The second-order valence-corrected chi connectivity index (χ2v) is 6.73. The van der Waals surface area contributed by atoms with Crippen LogP contribution >= 0.6 is 34.8 Å². The Labute approximate surface area is 168 Å². The molecule has 0 aliphatic heterocycles. The van der Waals surface area contributed by atoms with E-state index in [9.17, 15) is 14.7 Å². The Morgan fingerprint density at radius 2 is 1.85 bits per heavy atom. The molecule has 140 valence electrons. The molecule has 3 aromatic rings. The number of aromatic carboxylic acids is 1. The van der Waals surface area contributed by atoms with Gasteiger partial charge in [-0.05, 0) is 12.1 Å². The minimum atomic E-state index is -1.27. The number of aromatic nitrogens is 4. The third-order valence-corrected chi connectivity index (χ3v) is 4.70. The van der Waals surface area contributed by atoms with Gasteiger partial charge in [-0.2, -0.15) is 10.2 Å². The molecule has 0 aliphatic carbocycles. The molecular formula is C16H12Cl3N5O3. The summed E-state index contributed by atoms with van der Waals surface area (Å²) < 4.78 is 2.56. The zero-order valence-electron chi connectivity index (χ0n) is 13.8. The molecule has 0 saturated carbocycles. The molecule has 2 aromatic heterocycles. The number of carboxylic acid groups (broad SMARTS) is 1. The number of amides is 1. The Morgan fingerprint density at radius 1 is 1.19 bits per heavy atom. The first kappa shape index (κ1) is 19.2.